The standard InChI is InChI=1S/C15H24N2O2/c1-12-4-2-3-9-17(12)10-14(18)11-19-15-7-5-13(16)6-8-15/h5-8,12,14,18H,2-4,9-11,16H2,1H3. The molecule has 1 saturated heterocycles. The molecule has 1 heterocycles. The van der Waals surface area contributed by atoms with E-state index in [1.165, 1.54) is 19.3 Å². The first-order chi connectivity index (χ1) is 9.15. The van der Waals surface area contributed by atoms with E-state index in [1.807, 2.05) is 12.1 Å². The molecule has 1 aliphatic heterocycles. The largest absolute Gasteiger partial charge is 0.491 e. The Labute approximate surface area is 115 Å². The van der Waals surface area contributed by atoms with Crippen molar-refractivity contribution in [1.29, 1.82) is 0 Å². The molecule has 19 heavy (non-hydrogen) atoms. The lowest BCUT2D eigenvalue weighted by atomic mass is 10.0. The summed E-state index contributed by atoms with van der Waals surface area (Å²) in [5, 5.41) is 10.0. The molecule has 3 N–H and O–H groups in total. The molecule has 0 radical (unpaired) electrons. The third-order valence-corrected chi connectivity index (χ3v) is 3.71. The maximum absolute atomic E-state index is 10.0. The highest BCUT2D eigenvalue weighted by Gasteiger charge is 2.20. The number of rotatable bonds is 5. The number of anilines is 1. The molecule has 0 bridgehead atoms. The zero-order valence-corrected chi connectivity index (χ0v) is 11.6. The lowest BCUT2D eigenvalue weighted by molar-refractivity contribution is 0.0438. The molecule has 0 spiro atoms. The van der Waals surface area contributed by atoms with Gasteiger partial charge in [0.05, 0.1) is 0 Å². The van der Waals surface area contributed by atoms with Crippen molar-refractivity contribution in [1.82, 2.24) is 4.90 Å². The van der Waals surface area contributed by atoms with Crippen LogP contribution in [-0.4, -0.2) is 41.8 Å². The predicted octanol–water partition coefficient (Wildman–Crippen LogP) is 1.88. The third kappa shape index (κ3) is 4.40. The SMILES string of the molecule is CC1CCCCN1CC(O)COc1ccc(N)cc1. The third-order valence-electron chi connectivity index (χ3n) is 3.71. The molecule has 1 fully saturated rings. The summed E-state index contributed by atoms with van der Waals surface area (Å²) in [5.74, 6) is 0.750. The van der Waals surface area contributed by atoms with Crippen LogP contribution in [-0.2, 0) is 0 Å². The van der Waals surface area contributed by atoms with E-state index in [-0.39, 0.29) is 0 Å². The molecule has 1 aromatic rings. The van der Waals surface area contributed by atoms with Crippen molar-refractivity contribution in [3.05, 3.63) is 24.3 Å². The number of β-amino-alcohol motifs (C(OH)–C–C–N with tert-alkyl or cyclic N) is 1. The highest BCUT2D eigenvalue weighted by Crippen LogP contribution is 2.17. The summed E-state index contributed by atoms with van der Waals surface area (Å²) in [6.45, 7) is 4.33. The quantitative estimate of drug-likeness (QED) is 0.797. The van der Waals surface area contributed by atoms with Crippen molar-refractivity contribution in [3.8, 4) is 5.75 Å². The van der Waals surface area contributed by atoms with Crippen LogP contribution in [0.5, 0.6) is 5.75 Å². The summed E-state index contributed by atoms with van der Waals surface area (Å²) >= 11 is 0. The Morgan fingerprint density at radius 1 is 1.37 bits per heavy atom. The fourth-order valence-electron chi connectivity index (χ4n) is 2.51. The molecular weight excluding hydrogens is 240 g/mol. The summed E-state index contributed by atoms with van der Waals surface area (Å²) in [6.07, 6.45) is 3.31. The van der Waals surface area contributed by atoms with E-state index in [0.717, 1.165) is 18.0 Å². The van der Waals surface area contributed by atoms with Crippen LogP contribution < -0.4 is 10.5 Å². The van der Waals surface area contributed by atoms with Gasteiger partial charge in [-0.05, 0) is 50.6 Å². The number of likely N-dealkylation sites (tertiary alicyclic amines) is 1. The van der Waals surface area contributed by atoms with Crippen LogP contribution in [0.15, 0.2) is 24.3 Å². The molecule has 0 amide bonds. The topological polar surface area (TPSA) is 58.7 Å². The first kappa shape index (κ1) is 14.2. The average molecular weight is 264 g/mol. The number of nitrogen functional groups attached to an aromatic ring is 1. The van der Waals surface area contributed by atoms with Gasteiger partial charge in [-0.15, -0.1) is 0 Å². The van der Waals surface area contributed by atoms with Crippen LogP contribution >= 0.6 is 0 Å². The van der Waals surface area contributed by atoms with E-state index in [4.69, 9.17) is 10.5 Å². The molecule has 4 nitrogen and oxygen atoms in total. The lowest BCUT2D eigenvalue weighted by Crippen LogP contribution is -2.43. The highest BCUT2D eigenvalue weighted by atomic mass is 16.5. The normalized spacial score (nSPS) is 22.1. The molecule has 2 rings (SSSR count). The van der Waals surface area contributed by atoms with Gasteiger partial charge >= 0.3 is 0 Å². The van der Waals surface area contributed by atoms with Crippen molar-refractivity contribution in [2.75, 3.05) is 25.4 Å². The van der Waals surface area contributed by atoms with Gasteiger partial charge < -0.3 is 15.6 Å². The Hall–Kier alpha value is -1.26. The Kier molecular flexibility index (Phi) is 5.05. The van der Waals surface area contributed by atoms with Crippen molar-refractivity contribution >= 4 is 5.69 Å². The second kappa shape index (κ2) is 6.78. The number of ether oxygens (including phenoxy) is 1. The number of hydrogen-bond acceptors (Lipinski definition) is 4. The molecule has 1 aromatic carbocycles. The van der Waals surface area contributed by atoms with E-state index in [9.17, 15) is 5.11 Å². The number of aliphatic hydroxyl groups is 1. The van der Waals surface area contributed by atoms with E-state index in [0.29, 0.717) is 19.2 Å². The Bertz CT molecular complexity index is 380. The van der Waals surface area contributed by atoms with E-state index in [2.05, 4.69) is 11.8 Å². The molecule has 2 unspecified atom stereocenters. The van der Waals surface area contributed by atoms with Crippen LogP contribution in [0, 0.1) is 0 Å². The Morgan fingerprint density at radius 3 is 2.79 bits per heavy atom. The Balaban J connectivity index is 1.74. The van der Waals surface area contributed by atoms with Crippen LogP contribution in [0.4, 0.5) is 5.69 Å². The van der Waals surface area contributed by atoms with E-state index in [1.54, 1.807) is 12.1 Å². The average Bonchev–Trinajstić information content (AvgIpc) is 2.41. The molecule has 0 aliphatic carbocycles. The summed E-state index contributed by atoms with van der Waals surface area (Å²) < 4.78 is 5.57. The second-order valence-electron chi connectivity index (χ2n) is 5.37. The number of hydrogen-bond donors (Lipinski definition) is 2. The van der Waals surface area contributed by atoms with Gasteiger partial charge in [-0.3, -0.25) is 4.90 Å². The molecule has 0 aromatic heterocycles. The second-order valence-corrected chi connectivity index (χ2v) is 5.37. The summed E-state index contributed by atoms with van der Waals surface area (Å²) in [4.78, 5) is 2.35. The number of nitrogens with zero attached hydrogens (tertiary/aromatic N) is 1. The van der Waals surface area contributed by atoms with Gasteiger partial charge in [0.25, 0.3) is 0 Å². The van der Waals surface area contributed by atoms with Gasteiger partial charge in [-0.1, -0.05) is 6.42 Å². The van der Waals surface area contributed by atoms with Crippen molar-refractivity contribution in [2.45, 2.75) is 38.3 Å². The van der Waals surface area contributed by atoms with Crippen LogP contribution in [0.1, 0.15) is 26.2 Å². The number of aliphatic hydroxyl groups excluding tert-OH is 1. The number of benzene rings is 1. The van der Waals surface area contributed by atoms with Gasteiger partial charge in [0.2, 0.25) is 0 Å². The maximum atomic E-state index is 10.0. The zero-order chi connectivity index (χ0) is 13.7. The van der Waals surface area contributed by atoms with Crippen molar-refractivity contribution in [2.24, 2.45) is 0 Å². The van der Waals surface area contributed by atoms with Gasteiger partial charge in [-0.2, -0.15) is 0 Å². The molecule has 4 heteroatoms. The highest BCUT2D eigenvalue weighted by molar-refractivity contribution is 5.41. The summed E-state index contributed by atoms with van der Waals surface area (Å²) in [6, 6.07) is 7.82. The predicted molar refractivity (Wildman–Crippen MR) is 77.2 cm³/mol. The van der Waals surface area contributed by atoms with E-state index < -0.39 is 6.10 Å². The maximum Gasteiger partial charge on any atom is 0.119 e. The monoisotopic (exact) mass is 264 g/mol. The van der Waals surface area contributed by atoms with E-state index >= 15 is 0 Å². The fourth-order valence-corrected chi connectivity index (χ4v) is 2.51. The minimum absolute atomic E-state index is 0.327. The molecule has 1 aliphatic rings. The molecule has 0 saturated carbocycles. The van der Waals surface area contributed by atoms with Crippen LogP contribution in [0.3, 0.4) is 0 Å². The molecule has 2 atom stereocenters. The van der Waals surface area contributed by atoms with Crippen LogP contribution in [0.2, 0.25) is 0 Å². The Morgan fingerprint density at radius 2 is 2.11 bits per heavy atom. The van der Waals surface area contributed by atoms with Gasteiger partial charge in [-0.25, -0.2) is 0 Å². The molecule has 106 valence electrons. The van der Waals surface area contributed by atoms with Gasteiger partial charge in [0, 0.05) is 18.3 Å². The van der Waals surface area contributed by atoms with Gasteiger partial charge in [0.1, 0.15) is 18.5 Å². The fraction of sp³-hybridized carbons (Fsp3) is 0.600. The summed E-state index contributed by atoms with van der Waals surface area (Å²) in [5.41, 5.74) is 6.33. The zero-order valence-electron chi connectivity index (χ0n) is 11.6. The first-order valence-electron chi connectivity index (χ1n) is 7.05. The van der Waals surface area contributed by atoms with Crippen molar-refractivity contribution in [3.63, 3.8) is 0 Å². The number of nitrogens with two attached hydrogens (primary N) is 1. The smallest absolute Gasteiger partial charge is 0.119 e. The first-order valence-corrected chi connectivity index (χ1v) is 7.05. The molecular formula is C15H24N2O2. The lowest BCUT2D eigenvalue weighted by Gasteiger charge is -2.34. The summed E-state index contributed by atoms with van der Waals surface area (Å²) in [7, 11) is 0. The number of piperidine rings is 1. The van der Waals surface area contributed by atoms with Gasteiger partial charge in [0.15, 0.2) is 0 Å². The van der Waals surface area contributed by atoms with Crippen molar-refractivity contribution < 1.29 is 9.84 Å². The minimum Gasteiger partial charge on any atom is -0.491 e. The minimum atomic E-state index is -0.446. The van der Waals surface area contributed by atoms with Crippen LogP contribution in [0.25, 0.3) is 0 Å².